The minimum absolute atomic E-state index is 0.138. The van der Waals surface area contributed by atoms with E-state index in [1.807, 2.05) is 35.0 Å². The fourth-order valence-electron chi connectivity index (χ4n) is 2.85. The Labute approximate surface area is 167 Å². The highest BCUT2D eigenvalue weighted by Crippen LogP contribution is 2.33. The molecule has 0 unspecified atom stereocenters. The van der Waals surface area contributed by atoms with Crippen molar-refractivity contribution >= 4 is 17.6 Å². The Morgan fingerprint density at radius 1 is 1.21 bits per heavy atom. The first-order chi connectivity index (χ1) is 13.3. The zero-order valence-corrected chi connectivity index (χ0v) is 16.3. The number of hydrogen-bond donors (Lipinski definition) is 1. The highest BCUT2D eigenvalue weighted by molar-refractivity contribution is 6.30. The lowest BCUT2D eigenvalue weighted by Gasteiger charge is -2.10. The van der Waals surface area contributed by atoms with Crippen molar-refractivity contribution in [3.8, 4) is 28.3 Å². The Bertz CT molecular complexity index is 984. The number of carboxylic acid groups (broad SMARTS) is 1. The smallest absolute Gasteiger partial charge is 0.341 e. The molecule has 7 heteroatoms. The van der Waals surface area contributed by atoms with Crippen molar-refractivity contribution < 1.29 is 19.0 Å². The minimum Gasteiger partial charge on any atom is -0.481 e. The van der Waals surface area contributed by atoms with Crippen molar-refractivity contribution in [2.45, 2.75) is 20.4 Å². The molecule has 1 heterocycles. The third kappa shape index (κ3) is 4.70. The van der Waals surface area contributed by atoms with E-state index >= 15 is 0 Å². The fraction of sp³-hybridized carbons (Fsp3) is 0.238. The third-order valence-corrected chi connectivity index (χ3v) is 4.28. The number of rotatable bonds is 7. The van der Waals surface area contributed by atoms with Gasteiger partial charge in [0, 0.05) is 23.2 Å². The highest BCUT2D eigenvalue weighted by atomic mass is 35.5. The van der Waals surface area contributed by atoms with Gasteiger partial charge in [-0.1, -0.05) is 37.6 Å². The number of hydrogen-bond acceptors (Lipinski definition) is 3. The van der Waals surface area contributed by atoms with Gasteiger partial charge >= 0.3 is 5.97 Å². The van der Waals surface area contributed by atoms with Gasteiger partial charge in [0.05, 0.1) is 11.4 Å². The Morgan fingerprint density at radius 3 is 2.57 bits per heavy atom. The normalized spacial score (nSPS) is 11.0. The van der Waals surface area contributed by atoms with Gasteiger partial charge in [0.25, 0.3) is 0 Å². The molecule has 1 N–H and O–H groups in total. The number of nitrogens with zero attached hydrogens (tertiary/aromatic N) is 2. The number of aliphatic carboxylic acids is 1. The molecule has 0 amide bonds. The molecular formula is C21H20ClFN2O3. The van der Waals surface area contributed by atoms with Crippen LogP contribution in [-0.4, -0.2) is 27.5 Å². The second-order valence-electron chi connectivity index (χ2n) is 6.82. The van der Waals surface area contributed by atoms with Gasteiger partial charge in [0.2, 0.25) is 0 Å². The third-order valence-electron chi connectivity index (χ3n) is 4.03. The molecule has 0 spiro atoms. The molecule has 0 aliphatic heterocycles. The van der Waals surface area contributed by atoms with E-state index < -0.39 is 18.4 Å². The molecule has 5 nitrogen and oxygen atoms in total. The minimum atomic E-state index is -1.14. The SMILES string of the molecule is CC(C)Cn1nc(-c2ccc(F)cc2OCC(=O)O)cc1-c1ccc(Cl)cc1. The van der Waals surface area contributed by atoms with Crippen LogP contribution in [0.25, 0.3) is 22.5 Å². The Kier molecular flexibility index (Phi) is 5.99. The maximum atomic E-state index is 13.7. The lowest BCUT2D eigenvalue weighted by molar-refractivity contribution is -0.139. The first-order valence-electron chi connectivity index (χ1n) is 8.82. The summed E-state index contributed by atoms with van der Waals surface area (Å²) >= 11 is 6.00. The van der Waals surface area contributed by atoms with Crippen LogP contribution < -0.4 is 4.74 Å². The van der Waals surface area contributed by atoms with Gasteiger partial charge in [0.15, 0.2) is 6.61 Å². The van der Waals surface area contributed by atoms with Crippen molar-refractivity contribution in [3.05, 3.63) is 59.4 Å². The van der Waals surface area contributed by atoms with E-state index in [9.17, 15) is 9.18 Å². The Hall–Kier alpha value is -2.86. The molecule has 0 saturated carbocycles. The molecule has 0 atom stereocenters. The topological polar surface area (TPSA) is 64.4 Å². The molecule has 3 aromatic rings. The van der Waals surface area contributed by atoms with Gasteiger partial charge in [-0.2, -0.15) is 5.10 Å². The number of carboxylic acids is 1. The summed E-state index contributed by atoms with van der Waals surface area (Å²) in [5.41, 5.74) is 2.93. The van der Waals surface area contributed by atoms with E-state index in [0.717, 1.165) is 11.3 Å². The van der Waals surface area contributed by atoms with Crippen LogP contribution in [0.15, 0.2) is 48.5 Å². The Morgan fingerprint density at radius 2 is 1.93 bits per heavy atom. The van der Waals surface area contributed by atoms with Gasteiger partial charge in [-0.25, -0.2) is 9.18 Å². The number of aromatic nitrogens is 2. The van der Waals surface area contributed by atoms with Gasteiger partial charge in [-0.05, 0) is 41.8 Å². The van der Waals surface area contributed by atoms with E-state index in [1.54, 1.807) is 6.07 Å². The first kappa shape index (κ1) is 19.9. The average Bonchev–Trinajstić information content (AvgIpc) is 3.03. The standard InChI is InChI=1S/C21H20ClFN2O3/c1-13(2)11-25-19(14-3-5-15(22)6-4-14)10-18(24-25)17-8-7-16(23)9-20(17)28-12-21(26)27/h3-10,13H,11-12H2,1-2H3,(H,26,27). The predicted octanol–water partition coefficient (Wildman–Crippen LogP) is 5.13. The second-order valence-corrected chi connectivity index (χ2v) is 7.26. The molecular weight excluding hydrogens is 383 g/mol. The summed E-state index contributed by atoms with van der Waals surface area (Å²) in [4.78, 5) is 10.8. The van der Waals surface area contributed by atoms with Crippen molar-refractivity contribution in [2.75, 3.05) is 6.61 Å². The number of halogens is 2. The first-order valence-corrected chi connectivity index (χ1v) is 9.19. The van der Waals surface area contributed by atoms with E-state index in [1.165, 1.54) is 12.1 Å². The van der Waals surface area contributed by atoms with Gasteiger partial charge in [0.1, 0.15) is 11.6 Å². The zero-order chi connectivity index (χ0) is 20.3. The Balaban J connectivity index is 2.07. The molecule has 0 aliphatic carbocycles. The van der Waals surface area contributed by atoms with Gasteiger partial charge in [-0.3, -0.25) is 4.68 Å². The van der Waals surface area contributed by atoms with Crippen LogP contribution >= 0.6 is 11.6 Å². The monoisotopic (exact) mass is 402 g/mol. The van der Waals surface area contributed by atoms with E-state index in [-0.39, 0.29) is 5.75 Å². The molecule has 146 valence electrons. The highest BCUT2D eigenvalue weighted by Gasteiger charge is 2.17. The second kappa shape index (κ2) is 8.44. The molecule has 28 heavy (non-hydrogen) atoms. The van der Waals surface area contributed by atoms with Crippen LogP contribution in [0.4, 0.5) is 4.39 Å². The number of carbonyl (C=O) groups is 1. The lowest BCUT2D eigenvalue weighted by atomic mass is 10.1. The molecule has 1 aromatic heterocycles. The largest absolute Gasteiger partial charge is 0.481 e. The summed E-state index contributed by atoms with van der Waals surface area (Å²) in [6, 6.07) is 13.3. The van der Waals surface area contributed by atoms with Crippen LogP contribution in [0.2, 0.25) is 5.02 Å². The molecule has 0 fully saturated rings. The number of ether oxygens (including phenoxy) is 1. The quantitative estimate of drug-likeness (QED) is 0.595. The zero-order valence-electron chi connectivity index (χ0n) is 15.5. The summed E-state index contributed by atoms with van der Waals surface area (Å²) in [5.74, 6) is -1.15. The maximum Gasteiger partial charge on any atom is 0.341 e. The molecule has 0 radical (unpaired) electrons. The summed E-state index contributed by atoms with van der Waals surface area (Å²) in [5, 5.41) is 14.2. The molecule has 0 saturated heterocycles. The summed E-state index contributed by atoms with van der Waals surface area (Å²) in [6.45, 7) is 4.30. The van der Waals surface area contributed by atoms with Crippen molar-refractivity contribution in [3.63, 3.8) is 0 Å². The van der Waals surface area contributed by atoms with Crippen molar-refractivity contribution in [2.24, 2.45) is 5.92 Å². The van der Waals surface area contributed by atoms with Crippen LogP contribution in [0, 0.1) is 11.7 Å². The van der Waals surface area contributed by atoms with Crippen molar-refractivity contribution in [1.82, 2.24) is 9.78 Å². The van der Waals surface area contributed by atoms with E-state index in [2.05, 4.69) is 18.9 Å². The summed E-state index contributed by atoms with van der Waals surface area (Å²) in [7, 11) is 0. The average molecular weight is 403 g/mol. The van der Waals surface area contributed by atoms with Crippen LogP contribution in [-0.2, 0) is 11.3 Å². The van der Waals surface area contributed by atoms with Crippen LogP contribution in [0.3, 0.4) is 0 Å². The van der Waals surface area contributed by atoms with E-state index in [4.69, 9.17) is 21.4 Å². The number of benzene rings is 2. The predicted molar refractivity (Wildman–Crippen MR) is 106 cm³/mol. The van der Waals surface area contributed by atoms with Crippen LogP contribution in [0.5, 0.6) is 5.75 Å². The van der Waals surface area contributed by atoms with Crippen LogP contribution in [0.1, 0.15) is 13.8 Å². The van der Waals surface area contributed by atoms with E-state index in [0.29, 0.717) is 28.7 Å². The van der Waals surface area contributed by atoms with Gasteiger partial charge < -0.3 is 9.84 Å². The van der Waals surface area contributed by atoms with Crippen molar-refractivity contribution in [1.29, 1.82) is 0 Å². The maximum absolute atomic E-state index is 13.7. The van der Waals surface area contributed by atoms with Gasteiger partial charge in [-0.15, -0.1) is 0 Å². The molecule has 0 bridgehead atoms. The fourth-order valence-corrected chi connectivity index (χ4v) is 2.98. The molecule has 2 aromatic carbocycles. The lowest BCUT2D eigenvalue weighted by Crippen LogP contribution is -2.10. The summed E-state index contributed by atoms with van der Waals surface area (Å²) < 4.78 is 20.8. The summed E-state index contributed by atoms with van der Waals surface area (Å²) in [6.07, 6.45) is 0. The molecule has 3 rings (SSSR count). The molecule has 0 aliphatic rings.